The van der Waals surface area contributed by atoms with Crippen molar-refractivity contribution in [2.24, 2.45) is 0 Å². The van der Waals surface area contributed by atoms with Crippen LogP contribution in [-0.2, 0) is 6.54 Å². The second kappa shape index (κ2) is 11.0. The van der Waals surface area contributed by atoms with Gasteiger partial charge in [-0.05, 0) is 51.5 Å². The van der Waals surface area contributed by atoms with Gasteiger partial charge in [0.25, 0.3) is 5.69 Å². The zero-order chi connectivity index (χ0) is 26.6. The molecule has 1 heterocycles. The Labute approximate surface area is 207 Å². The highest BCUT2D eigenvalue weighted by molar-refractivity contribution is 5.86. The van der Waals surface area contributed by atoms with E-state index in [0.717, 1.165) is 6.07 Å². The topological polar surface area (TPSA) is 159 Å². The molecule has 3 rings (SSSR count). The van der Waals surface area contributed by atoms with Crippen molar-refractivity contribution in [2.45, 2.75) is 52.6 Å². The molecule has 0 amide bonds. The molecule has 1 unspecified atom stereocenters. The number of methoxy groups -OCH3 is 1. The second-order valence-corrected chi connectivity index (χ2v) is 8.48. The number of rotatable bonds is 11. The molecule has 0 saturated heterocycles. The molecular weight excluding hydrogens is 472 g/mol. The van der Waals surface area contributed by atoms with Crippen molar-refractivity contribution in [3.05, 3.63) is 69.0 Å². The summed E-state index contributed by atoms with van der Waals surface area (Å²) >= 11 is 0. The molecule has 0 saturated carbocycles. The Morgan fingerprint density at radius 2 is 1.67 bits per heavy atom. The Morgan fingerprint density at radius 1 is 1.08 bits per heavy atom. The van der Waals surface area contributed by atoms with Gasteiger partial charge in [0.2, 0.25) is 0 Å². The van der Waals surface area contributed by atoms with Gasteiger partial charge in [-0.25, -0.2) is 9.48 Å². The number of aliphatic hydroxyl groups is 1. The molecule has 192 valence electrons. The molecule has 1 atom stereocenters. The van der Waals surface area contributed by atoms with E-state index < -0.39 is 28.4 Å². The van der Waals surface area contributed by atoms with Crippen molar-refractivity contribution < 1.29 is 34.1 Å². The molecule has 0 aliphatic heterocycles. The van der Waals surface area contributed by atoms with Gasteiger partial charge in [-0.15, -0.1) is 5.10 Å². The molecule has 1 aromatic heterocycles. The van der Waals surface area contributed by atoms with Crippen LogP contribution in [0, 0.1) is 10.1 Å². The van der Waals surface area contributed by atoms with Gasteiger partial charge < -0.3 is 24.4 Å². The summed E-state index contributed by atoms with van der Waals surface area (Å²) in [7, 11) is 1.53. The summed E-state index contributed by atoms with van der Waals surface area (Å²) in [5.41, 5.74) is -0.686. The first-order valence-electron chi connectivity index (χ1n) is 11.1. The average molecular weight is 501 g/mol. The Kier molecular flexibility index (Phi) is 8.10. The lowest BCUT2D eigenvalue weighted by Crippen LogP contribution is -2.17. The number of hydrogen-bond acceptors (Lipinski definition) is 9. The van der Waals surface area contributed by atoms with Gasteiger partial charge in [0.05, 0.1) is 42.4 Å². The monoisotopic (exact) mass is 500 g/mol. The SMILES string of the molecule is COc1ccc(Cn2nnc(C(=O)O)c2C(O)c2cc(OC(C)C)c(OC(C)C)cc2[N+](=O)[O-])cc1. The van der Waals surface area contributed by atoms with Gasteiger partial charge in [-0.1, -0.05) is 17.3 Å². The second-order valence-electron chi connectivity index (χ2n) is 8.48. The van der Waals surface area contributed by atoms with E-state index in [1.54, 1.807) is 52.0 Å². The summed E-state index contributed by atoms with van der Waals surface area (Å²) < 4.78 is 17.8. The summed E-state index contributed by atoms with van der Waals surface area (Å²) in [5, 5.41) is 40.6. The minimum atomic E-state index is -1.76. The van der Waals surface area contributed by atoms with E-state index in [0.29, 0.717) is 11.3 Å². The summed E-state index contributed by atoms with van der Waals surface area (Å²) in [6.07, 6.45) is -2.36. The average Bonchev–Trinajstić information content (AvgIpc) is 3.23. The van der Waals surface area contributed by atoms with Crippen molar-refractivity contribution in [3.63, 3.8) is 0 Å². The molecule has 0 aliphatic carbocycles. The van der Waals surface area contributed by atoms with Crippen LogP contribution in [0.5, 0.6) is 17.2 Å². The van der Waals surface area contributed by atoms with E-state index in [1.165, 1.54) is 17.9 Å². The fraction of sp³-hybridized carbons (Fsp3) is 0.375. The molecule has 2 aromatic carbocycles. The number of carboxylic acids is 1. The van der Waals surface area contributed by atoms with Crippen molar-refractivity contribution in [2.75, 3.05) is 7.11 Å². The lowest BCUT2D eigenvalue weighted by Gasteiger charge is -2.20. The van der Waals surface area contributed by atoms with Crippen molar-refractivity contribution >= 4 is 11.7 Å². The van der Waals surface area contributed by atoms with Crippen molar-refractivity contribution in [1.29, 1.82) is 0 Å². The maximum Gasteiger partial charge on any atom is 0.358 e. The number of nitrogens with zero attached hydrogens (tertiary/aromatic N) is 4. The first kappa shape index (κ1) is 26.4. The Bertz CT molecular complexity index is 1240. The van der Waals surface area contributed by atoms with E-state index in [2.05, 4.69) is 10.3 Å². The van der Waals surface area contributed by atoms with Crippen molar-refractivity contribution in [3.8, 4) is 17.2 Å². The maximum absolute atomic E-state index is 12.0. The number of hydrogen-bond donors (Lipinski definition) is 2. The molecule has 0 radical (unpaired) electrons. The Hall–Kier alpha value is -4.19. The van der Waals surface area contributed by atoms with Gasteiger partial charge >= 0.3 is 5.97 Å². The largest absolute Gasteiger partial charge is 0.497 e. The van der Waals surface area contributed by atoms with E-state index >= 15 is 0 Å². The highest BCUT2D eigenvalue weighted by Crippen LogP contribution is 2.41. The van der Waals surface area contributed by atoms with E-state index in [4.69, 9.17) is 14.2 Å². The molecule has 2 N–H and O–H groups in total. The number of nitro groups is 1. The quantitative estimate of drug-likeness (QED) is 0.294. The molecule has 3 aromatic rings. The lowest BCUT2D eigenvalue weighted by atomic mass is 10.0. The van der Waals surface area contributed by atoms with Crippen molar-refractivity contribution in [1.82, 2.24) is 15.0 Å². The molecule has 0 aliphatic rings. The number of carbonyl (C=O) groups is 1. The Balaban J connectivity index is 2.15. The zero-order valence-electron chi connectivity index (χ0n) is 20.5. The Morgan fingerprint density at radius 3 is 2.17 bits per heavy atom. The molecule has 12 nitrogen and oxygen atoms in total. The predicted octanol–water partition coefficient (Wildman–Crippen LogP) is 3.60. The van der Waals surface area contributed by atoms with Gasteiger partial charge in [0.1, 0.15) is 17.5 Å². The van der Waals surface area contributed by atoms with Crippen LogP contribution in [-0.4, -0.2) is 55.4 Å². The van der Waals surface area contributed by atoms with E-state index in [9.17, 15) is 25.1 Å². The van der Waals surface area contributed by atoms with Gasteiger partial charge in [0, 0.05) is 0 Å². The summed E-state index contributed by atoms with van der Waals surface area (Å²) in [6.45, 7) is 7.11. The summed E-state index contributed by atoms with van der Waals surface area (Å²) in [5.74, 6) is -0.513. The van der Waals surface area contributed by atoms with Crippen LogP contribution >= 0.6 is 0 Å². The number of aromatic carboxylic acids is 1. The smallest absolute Gasteiger partial charge is 0.358 e. The first-order chi connectivity index (χ1) is 17.0. The fourth-order valence-electron chi connectivity index (χ4n) is 3.55. The number of carboxylic acid groups (broad SMARTS) is 1. The number of aliphatic hydroxyl groups excluding tert-OH is 1. The highest BCUT2D eigenvalue weighted by Gasteiger charge is 2.33. The minimum absolute atomic E-state index is 0.0500. The van der Waals surface area contributed by atoms with E-state index in [1.807, 2.05) is 0 Å². The molecule has 0 fully saturated rings. The van der Waals surface area contributed by atoms with Gasteiger partial charge in [-0.2, -0.15) is 0 Å². The third-order valence-electron chi connectivity index (χ3n) is 5.04. The van der Waals surface area contributed by atoms with Crippen LogP contribution in [0.4, 0.5) is 5.69 Å². The number of ether oxygens (including phenoxy) is 3. The molecule has 12 heteroatoms. The van der Waals surface area contributed by atoms with Gasteiger partial charge in [-0.3, -0.25) is 10.1 Å². The van der Waals surface area contributed by atoms with Crippen LogP contribution < -0.4 is 14.2 Å². The highest BCUT2D eigenvalue weighted by atomic mass is 16.6. The van der Waals surface area contributed by atoms with Gasteiger partial charge in [0.15, 0.2) is 17.2 Å². The van der Waals surface area contributed by atoms with Crippen LogP contribution in [0.2, 0.25) is 0 Å². The van der Waals surface area contributed by atoms with Crippen LogP contribution in [0.1, 0.15) is 61.1 Å². The minimum Gasteiger partial charge on any atom is -0.497 e. The third-order valence-corrected chi connectivity index (χ3v) is 5.04. The third kappa shape index (κ3) is 5.89. The predicted molar refractivity (Wildman–Crippen MR) is 128 cm³/mol. The molecule has 0 bridgehead atoms. The van der Waals surface area contributed by atoms with Crippen LogP contribution in [0.25, 0.3) is 0 Å². The normalized spacial score (nSPS) is 12.0. The molecule has 0 spiro atoms. The molecular formula is C24H28N4O8. The summed E-state index contributed by atoms with van der Waals surface area (Å²) in [4.78, 5) is 23.2. The fourth-order valence-corrected chi connectivity index (χ4v) is 3.55. The summed E-state index contributed by atoms with van der Waals surface area (Å²) in [6, 6.07) is 9.37. The lowest BCUT2D eigenvalue weighted by molar-refractivity contribution is -0.386. The zero-order valence-corrected chi connectivity index (χ0v) is 20.5. The van der Waals surface area contributed by atoms with Crippen LogP contribution in [0.3, 0.4) is 0 Å². The number of aromatic nitrogens is 3. The maximum atomic E-state index is 12.0. The molecule has 36 heavy (non-hydrogen) atoms. The first-order valence-corrected chi connectivity index (χ1v) is 11.1. The standard InChI is InChI=1S/C24H28N4O8/c1-13(2)35-19-10-17(18(28(32)33)11-20(19)36-14(3)4)23(29)22-21(24(30)31)25-26-27(22)12-15-6-8-16(34-5)9-7-15/h6-11,13-14,23,29H,12H2,1-5H3,(H,30,31). The van der Waals surface area contributed by atoms with E-state index in [-0.39, 0.29) is 41.5 Å². The van der Waals surface area contributed by atoms with Crippen LogP contribution in [0.15, 0.2) is 36.4 Å². The number of nitro benzene ring substituents is 1. The number of benzene rings is 2.